The molecule has 6 aromatic carbocycles. The molecule has 0 aliphatic carbocycles. The number of hydrogen-bond donors (Lipinski definition) is 0. The monoisotopic (exact) mass is 628 g/mol. The van der Waals surface area contributed by atoms with Gasteiger partial charge in [-0.05, 0) is 125 Å². The van der Waals surface area contributed by atoms with E-state index in [1.54, 1.807) is 0 Å². The van der Waals surface area contributed by atoms with Gasteiger partial charge < -0.3 is 18.6 Å². The molecule has 48 heavy (non-hydrogen) atoms. The van der Waals surface area contributed by atoms with Crippen LogP contribution in [0.5, 0.6) is 0 Å². The Morgan fingerprint density at radius 3 is 1.65 bits per heavy atom. The first-order valence-electron chi connectivity index (χ1n) is 17.8. The Morgan fingerprint density at radius 2 is 1.04 bits per heavy atom. The fraction of sp³-hybridized carbons (Fsp3) is 0.273. The average Bonchev–Trinajstić information content (AvgIpc) is 3.67. The largest absolute Gasteiger partial charge is 0.452 e. The van der Waals surface area contributed by atoms with Gasteiger partial charge in [0.25, 0.3) is 0 Å². The standard InChI is InChI=1S/C44H40N2O2/c1-27-12-16-45(17-13-27)34-10-8-30-22-37-38-26-36(29-6-4-3-5-7-29)42-39-23-31-9-11-35(46-18-14-28(2)15-19-46)21-33(31)25-41(39)48-44(42)43(38)47-40(37)24-32(30)20-34/h3-11,20-28H,12-19H2,1-2H3. The van der Waals surface area contributed by atoms with Crippen LogP contribution in [-0.4, -0.2) is 26.2 Å². The second-order valence-corrected chi connectivity index (χ2v) is 14.7. The van der Waals surface area contributed by atoms with Gasteiger partial charge in [-0.25, -0.2) is 0 Å². The number of anilines is 2. The predicted octanol–water partition coefficient (Wildman–Crippen LogP) is 11.9. The summed E-state index contributed by atoms with van der Waals surface area (Å²) in [7, 11) is 0. The lowest BCUT2D eigenvalue weighted by Crippen LogP contribution is -2.32. The molecule has 4 nitrogen and oxygen atoms in total. The third kappa shape index (κ3) is 4.49. The van der Waals surface area contributed by atoms with Crippen molar-refractivity contribution in [3.63, 3.8) is 0 Å². The van der Waals surface area contributed by atoms with Gasteiger partial charge in [-0.3, -0.25) is 0 Å². The molecule has 8 aromatic rings. The third-order valence-corrected chi connectivity index (χ3v) is 11.4. The van der Waals surface area contributed by atoms with Crippen molar-refractivity contribution >= 4 is 76.8 Å². The molecule has 238 valence electrons. The van der Waals surface area contributed by atoms with Crippen molar-refractivity contribution in [3.05, 3.63) is 97.1 Å². The van der Waals surface area contributed by atoms with Crippen molar-refractivity contribution in [2.45, 2.75) is 39.5 Å². The van der Waals surface area contributed by atoms with Gasteiger partial charge in [-0.2, -0.15) is 0 Å². The molecule has 2 aromatic heterocycles. The zero-order chi connectivity index (χ0) is 31.9. The van der Waals surface area contributed by atoms with Crippen LogP contribution in [0.3, 0.4) is 0 Å². The average molecular weight is 629 g/mol. The summed E-state index contributed by atoms with van der Waals surface area (Å²) < 4.78 is 13.6. The molecule has 2 saturated heterocycles. The van der Waals surface area contributed by atoms with E-state index in [1.807, 2.05) is 0 Å². The van der Waals surface area contributed by atoms with Crippen molar-refractivity contribution in [3.8, 4) is 11.1 Å². The van der Waals surface area contributed by atoms with Crippen LogP contribution in [0.25, 0.3) is 76.5 Å². The highest BCUT2D eigenvalue weighted by Crippen LogP contribution is 2.46. The van der Waals surface area contributed by atoms with Crippen molar-refractivity contribution < 1.29 is 8.83 Å². The Hall–Kier alpha value is -4.96. The first-order chi connectivity index (χ1) is 23.6. The minimum absolute atomic E-state index is 0.810. The molecular weight excluding hydrogens is 588 g/mol. The molecule has 2 aliphatic heterocycles. The summed E-state index contributed by atoms with van der Waals surface area (Å²) in [6.07, 6.45) is 5.02. The van der Waals surface area contributed by atoms with Crippen molar-refractivity contribution in [2.75, 3.05) is 36.0 Å². The molecule has 10 rings (SSSR count). The van der Waals surface area contributed by atoms with E-state index in [1.165, 1.54) is 69.7 Å². The van der Waals surface area contributed by atoms with E-state index in [9.17, 15) is 0 Å². The van der Waals surface area contributed by atoms with Gasteiger partial charge in [0.1, 0.15) is 11.2 Å². The summed E-state index contributed by atoms with van der Waals surface area (Å²) in [5.41, 5.74) is 8.41. The van der Waals surface area contributed by atoms with Crippen LogP contribution in [0, 0.1) is 11.8 Å². The topological polar surface area (TPSA) is 32.8 Å². The Kier molecular flexibility index (Phi) is 6.31. The Morgan fingerprint density at radius 1 is 0.500 bits per heavy atom. The Balaban J connectivity index is 1.17. The van der Waals surface area contributed by atoms with Crippen LogP contribution >= 0.6 is 0 Å². The lowest BCUT2D eigenvalue weighted by atomic mass is 9.95. The van der Waals surface area contributed by atoms with E-state index in [0.29, 0.717) is 0 Å². The maximum atomic E-state index is 6.86. The molecule has 0 N–H and O–H groups in total. The number of piperidine rings is 2. The fourth-order valence-corrected chi connectivity index (χ4v) is 8.40. The van der Waals surface area contributed by atoms with Gasteiger partial charge in [0, 0.05) is 59.1 Å². The number of benzene rings is 6. The zero-order valence-corrected chi connectivity index (χ0v) is 27.8. The van der Waals surface area contributed by atoms with E-state index in [2.05, 4.69) is 121 Å². The highest BCUT2D eigenvalue weighted by atomic mass is 16.4. The number of fused-ring (bicyclic) bond motifs is 9. The molecule has 0 atom stereocenters. The van der Waals surface area contributed by atoms with E-state index < -0.39 is 0 Å². The predicted molar refractivity (Wildman–Crippen MR) is 203 cm³/mol. The number of rotatable bonds is 3. The van der Waals surface area contributed by atoms with Crippen LogP contribution in [0.1, 0.15) is 39.5 Å². The van der Waals surface area contributed by atoms with E-state index in [4.69, 9.17) is 8.83 Å². The zero-order valence-electron chi connectivity index (χ0n) is 27.8. The minimum atomic E-state index is 0.810. The highest BCUT2D eigenvalue weighted by molar-refractivity contribution is 6.25. The molecule has 0 amide bonds. The summed E-state index contributed by atoms with van der Waals surface area (Å²) >= 11 is 0. The van der Waals surface area contributed by atoms with Crippen molar-refractivity contribution in [2.24, 2.45) is 11.8 Å². The molecule has 0 saturated carbocycles. The van der Waals surface area contributed by atoms with Crippen molar-refractivity contribution in [1.82, 2.24) is 0 Å². The van der Waals surface area contributed by atoms with Gasteiger partial charge >= 0.3 is 0 Å². The summed E-state index contributed by atoms with van der Waals surface area (Å²) in [6.45, 7) is 9.23. The van der Waals surface area contributed by atoms with E-state index in [-0.39, 0.29) is 0 Å². The van der Waals surface area contributed by atoms with Crippen LogP contribution in [0.15, 0.2) is 106 Å². The lowest BCUT2D eigenvalue weighted by molar-refractivity contribution is 0.438. The molecule has 0 bridgehead atoms. The molecule has 4 heterocycles. The van der Waals surface area contributed by atoms with Gasteiger partial charge in [-0.1, -0.05) is 56.3 Å². The van der Waals surface area contributed by atoms with E-state index >= 15 is 0 Å². The molecule has 2 fully saturated rings. The van der Waals surface area contributed by atoms with Crippen molar-refractivity contribution in [1.29, 1.82) is 0 Å². The maximum Gasteiger partial charge on any atom is 0.179 e. The van der Waals surface area contributed by atoms with Crippen LogP contribution < -0.4 is 9.80 Å². The third-order valence-electron chi connectivity index (χ3n) is 11.4. The van der Waals surface area contributed by atoms with E-state index in [0.717, 1.165) is 81.9 Å². The second kappa shape index (κ2) is 10.8. The Bertz CT molecular complexity index is 2510. The first-order valence-corrected chi connectivity index (χ1v) is 17.8. The van der Waals surface area contributed by atoms with Gasteiger partial charge in [0.2, 0.25) is 0 Å². The second-order valence-electron chi connectivity index (χ2n) is 14.7. The molecular formula is C44H40N2O2. The SMILES string of the molecule is CC1CCN(c2ccc3cc4c(cc3c2)oc2c4cc(-c3ccccc3)c3c4cc5ccc(N6CCC(C)CC6)cc5cc4oc23)CC1. The number of furan rings is 2. The maximum absolute atomic E-state index is 6.86. The lowest BCUT2D eigenvalue weighted by Gasteiger charge is -2.32. The molecule has 2 aliphatic rings. The van der Waals surface area contributed by atoms with Gasteiger partial charge in [0.15, 0.2) is 11.2 Å². The normalized spacial score (nSPS) is 16.9. The van der Waals surface area contributed by atoms with Crippen LogP contribution in [-0.2, 0) is 0 Å². The highest BCUT2D eigenvalue weighted by Gasteiger charge is 2.23. The Labute approximate surface area is 280 Å². The fourth-order valence-electron chi connectivity index (χ4n) is 8.40. The van der Waals surface area contributed by atoms with Gasteiger partial charge in [-0.15, -0.1) is 0 Å². The van der Waals surface area contributed by atoms with Crippen LogP contribution in [0.2, 0.25) is 0 Å². The smallest absolute Gasteiger partial charge is 0.179 e. The number of hydrogen-bond acceptors (Lipinski definition) is 4. The quantitative estimate of drug-likeness (QED) is 0.195. The molecule has 0 unspecified atom stereocenters. The molecule has 0 spiro atoms. The minimum Gasteiger partial charge on any atom is -0.452 e. The summed E-state index contributed by atoms with van der Waals surface area (Å²) in [4.78, 5) is 5.07. The summed E-state index contributed by atoms with van der Waals surface area (Å²) in [5, 5.41) is 9.36. The van der Waals surface area contributed by atoms with Gasteiger partial charge in [0.05, 0.1) is 0 Å². The first kappa shape index (κ1) is 28.1. The molecule has 0 radical (unpaired) electrons. The summed E-state index contributed by atoms with van der Waals surface area (Å²) in [5.74, 6) is 1.62. The van der Waals surface area contributed by atoms with Crippen LogP contribution in [0.4, 0.5) is 11.4 Å². The summed E-state index contributed by atoms with van der Waals surface area (Å²) in [6, 6.07) is 36.0. The number of nitrogens with zero attached hydrogens (tertiary/aromatic N) is 2. The molecule has 4 heteroatoms.